The van der Waals surface area contributed by atoms with Crippen molar-refractivity contribution in [1.29, 1.82) is 0 Å². The number of hydrogen-bond acceptors (Lipinski definition) is 3. The maximum absolute atomic E-state index is 12.5. The van der Waals surface area contributed by atoms with Crippen LogP contribution in [0, 0.1) is 5.92 Å². The van der Waals surface area contributed by atoms with Gasteiger partial charge in [0.2, 0.25) is 10.0 Å². The van der Waals surface area contributed by atoms with Gasteiger partial charge in [-0.1, -0.05) is 19.1 Å². The summed E-state index contributed by atoms with van der Waals surface area (Å²) in [5.74, 6) is 0.428. The highest BCUT2D eigenvalue weighted by atomic mass is 32.2. The molecule has 1 N–H and O–H groups in total. The molecule has 1 saturated heterocycles. The molecule has 1 aromatic rings. The van der Waals surface area contributed by atoms with E-state index in [0.29, 0.717) is 30.3 Å². The predicted octanol–water partition coefficient (Wildman–Crippen LogP) is 1.64. The van der Waals surface area contributed by atoms with Crippen molar-refractivity contribution in [2.24, 2.45) is 5.92 Å². The van der Waals surface area contributed by atoms with Crippen LogP contribution in [0.15, 0.2) is 29.2 Å². The lowest BCUT2D eigenvalue weighted by Gasteiger charge is -2.30. The van der Waals surface area contributed by atoms with E-state index in [4.69, 9.17) is 5.11 Å². The summed E-state index contributed by atoms with van der Waals surface area (Å²) in [5.41, 5.74) is 0.952. The van der Waals surface area contributed by atoms with Gasteiger partial charge in [0.15, 0.2) is 0 Å². The van der Waals surface area contributed by atoms with Crippen molar-refractivity contribution < 1.29 is 13.5 Å². The van der Waals surface area contributed by atoms with Gasteiger partial charge in [-0.05, 0) is 42.9 Å². The molecule has 0 radical (unpaired) electrons. The molecule has 1 aromatic carbocycles. The zero-order chi connectivity index (χ0) is 13.9. The number of benzene rings is 1. The second kappa shape index (κ2) is 6.03. The lowest BCUT2D eigenvalue weighted by atomic mass is 10.0. The number of nitrogens with zero attached hydrogens (tertiary/aromatic N) is 1. The van der Waals surface area contributed by atoms with Crippen molar-refractivity contribution in [3.05, 3.63) is 29.8 Å². The van der Waals surface area contributed by atoms with Gasteiger partial charge in [-0.2, -0.15) is 4.31 Å². The molecular formula is C14H21NO3S. The minimum Gasteiger partial charge on any atom is -0.396 e. The van der Waals surface area contributed by atoms with Gasteiger partial charge in [-0.3, -0.25) is 0 Å². The van der Waals surface area contributed by atoms with Crippen LogP contribution in [-0.4, -0.2) is 37.5 Å². The Balaban J connectivity index is 2.18. The first-order chi connectivity index (χ1) is 9.04. The molecule has 1 fully saturated rings. The minimum atomic E-state index is -3.36. The molecule has 1 aliphatic rings. The Labute approximate surface area is 115 Å². The first-order valence-electron chi connectivity index (χ1n) is 6.74. The van der Waals surface area contributed by atoms with Crippen molar-refractivity contribution in [1.82, 2.24) is 4.31 Å². The minimum absolute atomic E-state index is 0.0791. The topological polar surface area (TPSA) is 57.6 Å². The Kier molecular flexibility index (Phi) is 4.60. The zero-order valence-corrected chi connectivity index (χ0v) is 12.1. The van der Waals surface area contributed by atoms with E-state index < -0.39 is 10.0 Å². The molecule has 2 rings (SSSR count). The maximum Gasteiger partial charge on any atom is 0.243 e. The second-order valence-electron chi connectivity index (χ2n) is 5.23. The van der Waals surface area contributed by atoms with Crippen molar-refractivity contribution in [2.75, 3.05) is 19.7 Å². The fraction of sp³-hybridized carbons (Fsp3) is 0.571. The molecule has 1 aliphatic heterocycles. The van der Waals surface area contributed by atoms with Crippen molar-refractivity contribution >= 4 is 10.0 Å². The van der Waals surface area contributed by atoms with Crippen LogP contribution in [0.2, 0.25) is 0 Å². The van der Waals surface area contributed by atoms with Crippen LogP contribution in [0.1, 0.15) is 25.3 Å². The summed E-state index contributed by atoms with van der Waals surface area (Å²) in [6.45, 7) is 3.40. The van der Waals surface area contributed by atoms with Crippen molar-refractivity contribution in [2.45, 2.75) is 31.1 Å². The van der Waals surface area contributed by atoms with Crippen LogP contribution in [0.25, 0.3) is 0 Å². The van der Waals surface area contributed by atoms with E-state index in [1.54, 1.807) is 28.6 Å². The molecule has 1 unspecified atom stereocenters. The Hall–Kier alpha value is -0.910. The molecule has 1 atom stereocenters. The normalized spacial score (nSPS) is 21.5. The molecule has 0 aromatic heterocycles. The van der Waals surface area contributed by atoms with Gasteiger partial charge in [0.25, 0.3) is 0 Å². The number of aliphatic hydroxyl groups is 1. The summed E-state index contributed by atoms with van der Waals surface area (Å²) in [5, 5.41) is 8.86. The average Bonchev–Trinajstić information content (AvgIpc) is 2.40. The fourth-order valence-electron chi connectivity index (χ4n) is 2.47. The van der Waals surface area contributed by atoms with E-state index in [9.17, 15) is 8.42 Å². The van der Waals surface area contributed by atoms with Crippen LogP contribution in [-0.2, 0) is 16.4 Å². The largest absolute Gasteiger partial charge is 0.396 e. The summed E-state index contributed by atoms with van der Waals surface area (Å²) in [6, 6.07) is 6.83. The van der Waals surface area contributed by atoms with Gasteiger partial charge < -0.3 is 5.11 Å². The first kappa shape index (κ1) is 14.5. The predicted molar refractivity (Wildman–Crippen MR) is 74.4 cm³/mol. The van der Waals surface area contributed by atoms with Gasteiger partial charge in [-0.15, -0.1) is 0 Å². The highest BCUT2D eigenvalue weighted by Crippen LogP contribution is 2.23. The number of sulfonamides is 1. The number of hydrogen-bond donors (Lipinski definition) is 1. The SMILES string of the molecule is CC1CCCN(S(=O)(=O)c2ccc(CCO)cc2)C1. The molecule has 0 spiro atoms. The second-order valence-corrected chi connectivity index (χ2v) is 7.17. The third-order valence-corrected chi connectivity index (χ3v) is 5.46. The lowest BCUT2D eigenvalue weighted by Crippen LogP contribution is -2.39. The highest BCUT2D eigenvalue weighted by molar-refractivity contribution is 7.89. The molecule has 0 saturated carbocycles. The standard InChI is InChI=1S/C14H21NO3S/c1-12-3-2-9-15(11-12)19(17,18)14-6-4-13(5-7-14)8-10-16/h4-7,12,16H,2-3,8-11H2,1H3. The zero-order valence-electron chi connectivity index (χ0n) is 11.2. The van der Waals surface area contributed by atoms with Crippen LogP contribution in [0.5, 0.6) is 0 Å². The fourth-order valence-corrected chi connectivity index (χ4v) is 4.07. The number of rotatable bonds is 4. The molecule has 0 bridgehead atoms. The van der Waals surface area contributed by atoms with Crippen LogP contribution in [0.4, 0.5) is 0 Å². The third kappa shape index (κ3) is 3.35. The average molecular weight is 283 g/mol. The summed E-state index contributed by atoms with van der Waals surface area (Å²) >= 11 is 0. The Morgan fingerprint density at radius 3 is 2.58 bits per heavy atom. The van der Waals surface area contributed by atoms with Crippen LogP contribution in [0.3, 0.4) is 0 Å². The first-order valence-corrected chi connectivity index (χ1v) is 8.18. The maximum atomic E-state index is 12.5. The molecule has 5 heteroatoms. The van der Waals surface area contributed by atoms with E-state index in [-0.39, 0.29) is 6.61 Å². The summed E-state index contributed by atoms with van der Waals surface area (Å²) < 4.78 is 26.5. The summed E-state index contributed by atoms with van der Waals surface area (Å²) in [7, 11) is -3.36. The van der Waals surface area contributed by atoms with Gasteiger partial charge in [-0.25, -0.2) is 8.42 Å². The Morgan fingerprint density at radius 2 is 2.00 bits per heavy atom. The molecular weight excluding hydrogens is 262 g/mol. The molecule has 0 aliphatic carbocycles. The molecule has 19 heavy (non-hydrogen) atoms. The van der Waals surface area contributed by atoms with E-state index in [1.807, 2.05) is 0 Å². The van der Waals surface area contributed by atoms with Gasteiger partial charge in [0.05, 0.1) is 4.90 Å². The van der Waals surface area contributed by atoms with E-state index in [1.165, 1.54) is 0 Å². The molecule has 106 valence electrons. The monoisotopic (exact) mass is 283 g/mol. The highest BCUT2D eigenvalue weighted by Gasteiger charge is 2.28. The van der Waals surface area contributed by atoms with Crippen LogP contribution >= 0.6 is 0 Å². The Bertz CT molecular complexity index is 510. The van der Waals surface area contributed by atoms with Crippen molar-refractivity contribution in [3.8, 4) is 0 Å². The smallest absolute Gasteiger partial charge is 0.243 e. The molecule has 4 nitrogen and oxygen atoms in total. The summed E-state index contributed by atoms with van der Waals surface area (Å²) in [6.07, 6.45) is 2.59. The van der Waals surface area contributed by atoms with Gasteiger partial charge in [0.1, 0.15) is 0 Å². The Morgan fingerprint density at radius 1 is 1.32 bits per heavy atom. The van der Waals surface area contributed by atoms with E-state index in [0.717, 1.165) is 18.4 Å². The van der Waals surface area contributed by atoms with Crippen molar-refractivity contribution in [3.63, 3.8) is 0 Å². The lowest BCUT2D eigenvalue weighted by molar-refractivity contribution is 0.281. The van der Waals surface area contributed by atoms with Crippen LogP contribution < -0.4 is 0 Å². The number of piperidine rings is 1. The quantitative estimate of drug-likeness (QED) is 0.914. The molecule has 1 heterocycles. The van der Waals surface area contributed by atoms with E-state index in [2.05, 4.69) is 6.92 Å². The summed E-state index contributed by atoms with van der Waals surface area (Å²) in [4.78, 5) is 0.350. The molecule has 0 amide bonds. The van der Waals surface area contributed by atoms with Gasteiger partial charge >= 0.3 is 0 Å². The number of aliphatic hydroxyl groups excluding tert-OH is 1. The van der Waals surface area contributed by atoms with Gasteiger partial charge in [0, 0.05) is 19.7 Å². The third-order valence-electron chi connectivity index (χ3n) is 3.58. The van der Waals surface area contributed by atoms with E-state index >= 15 is 0 Å².